The van der Waals surface area contributed by atoms with E-state index in [1.807, 2.05) is 4.90 Å². The van der Waals surface area contributed by atoms with Crippen LogP contribution in [-0.2, 0) is 22.4 Å². The summed E-state index contributed by atoms with van der Waals surface area (Å²) in [5.41, 5.74) is 3.69. The lowest BCUT2D eigenvalue weighted by atomic mass is 9.72. The molecule has 1 aliphatic heterocycles. The zero-order valence-electron chi connectivity index (χ0n) is 23.7. The van der Waals surface area contributed by atoms with Crippen LogP contribution >= 0.6 is 0 Å². The van der Waals surface area contributed by atoms with Crippen LogP contribution in [-0.4, -0.2) is 36.3 Å². The summed E-state index contributed by atoms with van der Waals surface area (Å²) in [5.74, 6) is -0.603. The first kappa shape index (κ1) is 29.7. The van der Waals surface area contributed by atoms with Crippen LogP contribution in [0, 0.1) is 17.0 Å². The van der Waals surface area contributed by atoms with Crippen molar-refractivity contribution in [2.75, 3.05) is 19.6 Å². The van der Waals surface area contributed by atoms with E-state index >= 15 is 0 Å². The quantitative estimate of drug-likeness (QED) is 0.235. The van der Waals surface area contributed by atoms with Gasteiger partial charge in [-0.15, -0.1) is 0 Å². The van der Waals surface area contributed by atoms with E-state index in [1.165, 1.54) is 29.3 Å². The predicted octanol–water partition coefficient (Wildman–Crippen LogP) is 7.34. The first-order chi connectivity index (χ1) is 19.4. The Kier molecular flexibility index (Phi) is 10.7. The first-order valence-corrected chi connectivity index (χ1v) is 14.8. The molecule has 1 N–H and O–H groups in total. The third-order valence-corrected chi connectivity index (χ3v) is 8.58. The number of piperidine rings is 1. The average Bonchev–Trinajstić information content (AvgIpc) is 3.21. The topological polar surface area (TPSA) is 49.4 Å². The van der Waals surface area contributed by atoms with Gasteiger partial charge in [0.25, 0.3) is 0 Å². The first-order valence-electron chi connectivity index (χ1n) is 14.8. The molecule has 1 saturated heterocycles. The second kappa shape index (κ2) is 14.4. The minimum absolute atomic E-state index is 0. The van der Waals surface area contributed by atoms with Crippen molar-refractivity contribution in [1.29, 1.82) is 0 Å². The number of nitrogens with zero attached hydrogens (tertiary/aromatic N) is 1. The molecule has 0 spiro atoms. The van der Waals surface area contributed by atoms with Gasteiger partial charge in [-0.3, -0.25) is 9.59 Å². The number of rotatable bonds is 11. The van der Waals surface area contributed by atoms with Crippen LogP contribution in [0.3, 0.4) is 0 Å². The van der Waals surface area contributed by atoms with Crippen molar-refractivity contribution in [2.45, 2.75) is 77.6 Å². The number of amides is 2. The summed E-state index contributed by atoms with van der Waals surface area (Å²) < 4.78 is 27.8. The van der Waals surface area contributed by atoms with Crippen LogP contribution in [0.25, 0.3) is 0 Å². The van der Waals surface area contributed by atoms with Gasteiger partial charge in [-0.1, -0.05) is 60.6 Å². The molecule has 2 amide bonds. The lowest BCUT2D eigenvalue weighted by Crippen LogP contribution is -2.51. The van der Waals surface area contributed by atoms with Gasteiger partial charge < -0.3 is 10.2 Å². The van der Waals surface area contributed by atoms with Gasteiger partial charge in [0.15, 0.2) is 0 Å². The Morgan fingerprint density at radius 1 is 0.950 bits per heavy atom. The van der Waals surface area contributed by atoms with Gasteiger partial charge in [-0.05, 0) is 93.5 Å². The molecule has 216 valence electrons. The molecular weight excluding hydrogens is 506 g/mol. The van der Waals surface area contributed by atoms with E-state index in [2.05, 4.69) is 24.4 Å². The Morgan fingerprint density at radius 2 is 1.65 bits per heavy atom. The minimum Gasteiger partial charge on any atom is -0.356 e. The van der Waals surface area contributed by atoms with Crippen molar-refractivity contribution in [1.82, 2.24) is 10.2 Å². The molecule has 2 aliphatic rings. The molecule has 0 radical (unpaired) electrons. The van der Waals surface area contributed by atoms with Gasteiger partial charge in [-0.2, -0.15) is 0 Å². The number of carbonyl (C=O) groups excluding carboxylic acids is 2. The lowest BCUT2D eigenvalue weighted by molar-refractivity contribution is -0.140. The van der Waals surface area contributed by atoms with E-state index in [-0.39, 0.29) is 24.9 Å². The summed E-state index contributed by atoms with van der Waals surface area (Å²) in [7, 11) is 0. The van der Waals surface area contributed by atoms with Gasteiger partial charge >= 0.3 is 0 Å². The molecule has 0 atom stereocenters. The second-order valence-electron chi connectivity index (χ2n) is 11.2. The van der Waals surface area contributed by atoms with E-state index in [0.717, 1.165) is 44.1 Å². The molecule has 0 saturated carbocycles. The van der Waals surface area contributed by atoms with E-state index in [4.69, 9.17) is 0 Å². The van der Waals surface area contributed by atoms with Gasteiger partial charge in [0.1, 0.15) is 11.6 Å². The van der Waals surface area contributed by atoms with E-state index in [9.17, 15) is 18.4 Å². The highest BCUT2D eigenvalue weighted by molar-refractivity contribution is 5.84. The highest BCUT2D eigenvalue weighted by Gasteiger charge is 2.42. The van der Waals surface area contributed by atoms with E-state index < -0.39 is 5.41 Å². The Labute approximate surface area is 239 Å². The zero-order valence-corrected chi connectivity index (χ0v) is 23.7. The Bertz CT molecular complexity index is 1220. The fraction of sp³-hybridized carbons (Fsp3) is 0.471. The maximum Gasteiger partial charge on any atom is 0.226 e. The van der Waals surface area contributed by atoms with Gasteiger partial charge in [0.2, 0.25) is 11.8 Å². The van der Waals surface area contributed by atoms with Crippen LogP contribution in [0.1, 0.15) is 77.3 Å². The maximum absolute atomic E-state index is 14.6. The summed E-state index contributed by atoms with van der Waals surface area (Å²) in [6, 6.07) is 12.9. The molecule has 0 aromatic heterocycles. The van der Waals surface area contributed by atoms with Crippen molar-refractivity contribution >= 4 is 11.8 Å². The van der Waals surface area contributed by atoms with Gasteiger partial charge in [0.05, 0.1) is 5.41 Å². The molecule has 1 aliphatic carbocycles. The number of carbonyl (C=O) groups is 2. The summed E-state index contributed by atoms with van der Waals surface area (Å²) >= 11 is 0. The number of allylic oxidation sites excluding steroid dienone is 4. The van der Waals surface area contributed by atoms with Crippen LogP contribution < -0.4 is 5.32 Å². The standard InChI is InChI=1S/C34H42F2N2O2.H2/c1-2-26-7-5-8-27(13-12-26)9-6-22-37-33(40)34(25-29-10-3-4-11-31(29)36)20-23-38(24-21-34)32(39)19-16-28-14-17-30(35)18-15-28;/h3-4,7-8,10-11,14-15,17-18H,2,5-6,9,12-13,16,19-25H2,1H3,(H,37,40);1H. The molecule has 4 nitrogen and oxygen atoms in total. The van der Waals surface area contributed by atoms with Crippen LogP contribution in [0.4, 0.5) is 8.78 Å². The van der Waals surface area contributed by atoms with Crippen LogP contribution in [0.2, 0.25) is 0 Å². The van der Waals surface area contributed by atoms with Crippen LogP contribution in [0.5, 0.6) is 0 Å². The van der Waals surface area contributed by atoms with Crippen molar-refractivity contribution in [2.24, 2.45) is 5.41 Å². The molecule has 0 bridgehead atoms. The smallest absolute Gasteiger partial charge is 0.226 e. The number of hydrogen-bond donors (Lipinski definition) is 1. The second-order valence-corrected chi connectivity index (χ2v) is 11.2. The molecule has 1 fully saturated rings. The number of aryl methyl sites for hydroxylation is 1. The van der Waals surface area contributed by atoms with Crippen molar-refractivity contribution in [3.8, 4) is 0 Å². The SMILES string of the molecule is CCC1=CCC=C(CCCNC(=O)C2(Cc3ccccc3F)CCN(C(=O)CCc3ccc(F)cc3)CC2)CC1.[HH]. The Morgan fingerprint density at radius 3 is 2.38 bits per heavy atom. The van der Waals surface area contributed by atoms with Crippen molar-refractivity contribution in [3.63, 3.8) is 0 Å². The normalized spacial score (nSPS) is 17.0. The average molecular weight is 551 g/mol. The molecular formula is C34H44F2N2O2. The van der Waals surface area contributed by atoms with Gasteiger partial charge in [0, 0.05) is 27.5 Å². The van der Waals surface area contributed by atoms with E-state index in [1.54, 1.807) is 30.3 Å². The van der Waals surface area contributed by atoms with Crippen molar-refractivity contribution in [3.05, 3.63) is 94.6 Å². The van der Waals surface area contributed by atoms with Crippen molar-refractivity contribution < 1.29 is 19.8 Å². The molecule has 4 rings (SSSR count). The minimum atomic E-state index is -0.753. The van der Waals surface area contributed by atoms with Crippen LogP contribution in [0.15, 0.2) is 71.8 Å². The summed E-state index contributed by atoms with van der Waals surface area (Å²) in [4.78, 5) is 28.4. The summed E-state index contributed by atoms with van der Waals surface area (Å²) in [6.07, 6.45) is 13.0. The number of nitrogens with one attached hydrogen (secondary N) is 1. The van der Waals surface area contributed by atoms with Gasteiger partial charge in [-0.25, -0.2) is 8.78 Å². The summed E-state index contributed by atoms with van der Waals surface area (Å²) in [5, 5.41) is 3.17. The predicted molar refractivity (Wildman–Crippen MR) is 158 cm³/mol. The monoisotopic (exact) mass is 550 g/mol. The molecule has 40 heavy (non-hydrogen) atoms. The number of halogens is 2. The maximum atomic E-state index is 14.6. The molecule has 6 heteroatoms. The zero-order chi connectivity index (χ0) is 28.4. The third-order valence-electron chi connectivity index (χ3n) is 8.58. The Balaban J connectivity index is 0.00000462. The summed E-state index contributed by atoms with van der Waals surface area (Å²) in [6.45, 7) is 3.72. The fourth-order valence-corrected chi connectivity index (χ4v) is 5.91. The molecule has 1 heterocycles. The molecule has 2 aromatic carbocycles. The number of likely N-dealkylation sites (tertiary alicyclic amines) is 1. The highest BCUT2D eigenvalue weighted by Crippen LogP contribution is 2.36. The number of benzene rings is 2. The lowest BCUT2D eigenvalue weighted by Gasteiger charge is -2.41. The van der Waals surface area contributed by atoms with E-state index in [0.29, 0.717) is 57.3 Å². The Hall–Kier alpha value is -3.28. The highest BCUT2D eigenvalue weighted by atomic mass is 19.1. The largest absolute Gasteiger partial charge is 0.356 e. The number of hydrogen-bond acceptors (Lipinski definition) is 2. The molecule has 0 unspecified atom stereocenters. The fourth-order valence-electron chi connectivity index (χ4n) is 5.91. The molecule has 2 aromatic rings. The third kappa shape index (κ3) is 8.12.